The number of hydrogen-bond donors (Lipinski definition) is 1. The predicted octanol–water partition coefficient (Wildman–Crippen LogP) is 3.68. The number of ether oxygens (including phenoxy) is 1. The first-order valence-electron chi connectivity index (χ1n) is 4.98. The highest BCUT2D eigenvalue weighted by atomic mass is 19.4. The molecule has 0 fully saturated rings. The van der Waals surface area contributed by atoms with Gasteiger partial charge in [0, 0.05) is 11.8 Å². The largest absolute Gasteiger partial charge is 0.573 e. The van der Waals surface area contributed by atoms with Gasteiger partial charge in [0.1, 0.15) is 5.75 Å². The minimum Gasteiger partial charge on any atom is -0.406 e. The standard InChI is InChI=1S/C11H14F3NO/c1-3-7(2)9-5-4-8(6-10(9)15)16-11(12,13)14/h4-7H,3,15H2,1-2H3. The molecule has 0 heterocycles. The maximum Gasteiger partial charge on any atom is 0.573 e. The van der Waals surface area contributed by atoms with Crippen LogP contribution in [0.4, 0.5) is 18.9 Å². The van der Waals surface area contributed by atoms with Crippen molar-refractivity contribution in [1.82, 2.24) is 0 Å². The minimum atomic E-state index is -4.68. The molecule has 0 aromatic heterocycles. The lowest BCUT2D eigenvalue weighted by molar-refractivity contribution is -0.274. The van der Waals surface area contributed by atoms with Gasteiger partial charge in [0.25, 0.3) is 0 Å². The van der Waals surface area contributed by atoms with E-state index in [9.17, 15) is 13.2 Å². The Kier molecular flexibility index (Phi) is 3.67. The van der Waals surface area contributed by atoms with Crippen LogP contribution in [0.2, 0.25) is 0 Å². The molecule has 1 aromatic rings. The van der Waals surface area contributed by atoms with Crippen LogP contribution in [0.1, 0.15) is 31.7 Å². The molecule has 1 atom stereocenters. The van der Waals surface area contributed by atoms with E-state index < -0.39 is 6.36 Å². The summed E-state index contributed by atoms with van der Waals surface area (Å²) < 4.78 is 39.6. The highest BCUT2D eigenvalue weighted by Gasteiger charge is 2.31. The smallest absolute Gasteiger partial charge is 0.406 e. The number of alkyl halides is 3. The fourth-order valence-corrected chi connectivity index (χ4v) is 1.42. The van der Waals surface area contributed by atoms with Crippen molar-refractivity contribution < 1.29 is 17.9 Å². The van der Waals surface area contributed by atoms with Gasteiger partial charge in [-0.3, -0.25) is 0 Å². The quantitative estimate of drug-likeness (QED) is 0.808. The Morgan fingerprint density at radius 1 is 1.38 bits per heavy atom. The maximum absolute atomic E-state index is 11.9. The van der Waals surface area contributed by atoms with E-state index in [0.29, 0.717) is 5.69 Å². The van der Waals surface area contributed by atoms with Gasteiger partial charge in [-0.2, -0.15) is 0 Å². The molecule has 0 aliphatic carbocycles. The first-order chi connectivity index (χ1) is 7.33. The zero-order valence-electron chi connectivity index (χ0n) is 9.14. The fraction of sp³-hybridized carbons (Fsp3) is 0.455. The Bertz CT molecular complexity index is 363. The molecule has 0 amide bonds. The molecule has 2 N–H and O–H groups in total. The Balaban J connectivity index is 2.91. The number of rotatable bonds is 3. The third-order valence-electron chi connectivity index (χ3n) is 2.44. The Morgan fingerprint density at radius 3 is 2.44 bits per heavy atom. The summed E-state index contributed by atoms with van der Waals surface area (Å²) in [6, 6.07) is 4.06. The molecule has 1 rings (SSSR count). The molecule has 0 bridgehead atoms. The Hall–Kier alpha value is -1.39. The number of nitrogens with two attached hydrogens (primary N) is 1. The van der Waals surface area contributed by atoms with Crippen LogP contribution >= 0.6 is 0 Å². The van der Waals surface area contributed by atoms with Crippen molar-refractivity contribution >= 4 is 5.69 Å². The molecule has 1 unspecified atom stereocenters. The highest BCUT2D eigenvalue weighted by Crippen LogP contribution is 2.30. The molecule has 1 aromatic carbocycles. The normalized spacial score (nSPS) is 13.6. The van der Waals surface area contributed by atoms with Gasteiger partial charge in [0.2, 0.25) is 0 Å². The summed E-state index contributed by atoms with van der Waals surface area (Å²) in [5.41, 5.74) is 6.84. The third-order valence-corrected chi connectivity index (χ3v) is 2.44. The van der Waals surface area contributed by atoms with E-state index in [4.69, 9.17) is 5.73 Å². The summed E-state index contributed by atoms with van der Waals surface area (Å²) >= 11 is 0. The van der Waals surface area contributed by atoms with Crippen molar-refractivity contribution in [2.75, 3.05) is 5.73 Å². The molecule has 5 heteroatoms. The second-order valence-corrected chi connectivity index (χ2v) is 3.65. The van der Waals surface area contributed by atoms with Crippen molar-refractivity contribution in [3.63, 3.8) is 0 Å². The molecule has 0 aliphatic heterocycles. The molecule has 0 spiro atoms. The number of nitrogen functional groups attached to an aromatic ring is 1. The molecule has 0 aliphatic rings. The lowest BCUT2D eigenvalue weighted by Gasteiger charge is -2.14. The maximum atomic E-state index is 11.9. The lowest BCUT2D eigenvalue weighted by atomic mass is 9.97. The fourth-order valence-electron chi connectivity index (χ4n) is 1.42. The van der Waals surface area contributed by atoms with Gasteiger partial charge in [0.05, 0.1) is 0 Å². The number of hydrogen-bond acceptors (Lipinski definition) is 2. The molecule has 2 nitrogen and oxygen atoms in total. The van der Waals surface area contributed by atoms with Gasteiger partial charge in [0.15, 0.2) is 0 Å². The van der Waals surface area contributed by atoms with Gasteiger partial charge in [-0.05, 0) is 24.0 Å². The molecule has 0 radical (unpaired) electrons. The van der Waals surface area contributed by atoms with E-state index in [-0.39, 0.29) is 11.7 Å². The molecule has 0 saturated carbocycles. The van der Waals surface area contributed by atoms with Crippen molar-refractivity contribution in [3.05, 3.63) is 23.8 Å². The summed E-state index contributed by atoms with van der Waals surface area (Å²) in [6.07, 6.45) is -3.80. The topological polar surface area (TPSA) is 35.2 Å². The molecular formula is C11H14F3NO. The monoisotopic (exact) mass is 233 g/mol. The van der Waals surface area contributed by atoms with Crippen molar-refractivity contribution in [2.45, 2.75) is 32.5 Å². The first kappa shape index (κ1) is 12.7. The van der Waals surface area contributed by atoms with Crippen LogP contribution in [0.15, 0.2) is 18.2 Å². The summed E-state index contributed by atoms with van der Waals surface area (Å²) in [5, 5.41) is 0. The van der Waals surface area contributed by atoms with Gasteiger partial charge in [-0.25, -0.2) is 0 Å². The van der Waals surface area contributed by atoms with Crippen LogP contribution in [0.5, 0.6) is 5.75 Å². The summed E-state index contributed by atoms with van der Waals surface area (Å²) in [4.78, 5) is 0. The average molecular weight is 233 g/mol. The van der Waals surface area contributed by atoms with E-state index in [0.717, 1.165) is 12.0 Å². The molecule has 16 heavy (non-hydrogen) atoms. The van der Waals surface area contributed by atoms with E-state index >= 15 is 0 Å². The number of halogens is 3. The number of benzene rings is 1. The van der Waals surface area contributed by atoms with Gasteiger partial charge in [-0.1, -0.05) is 19.9 Å². The van der Waals surface area contributed by atoms with Crippen LogP contribution in [0.25, 0.3) is 0 Å². The predicted molar refractivity (Wildman–Crippen MR) is 56.2 cm³/mol. The zero-order chi connectivity index (χ0) is 12.3. The van der Waals surface area contributed by atoms with Crippen molar-refractivity contribution in [3.8, 4) is 5.75 Å². The molecular weight excluding hydrogens is 219 g/mol. The van der Waals surface area contributed by atoms with Crippen LogP contribution in [-0.2, 0) is 0 Å². The van der Waals surface area contributed by atoms with Crippen LogP contribution < -0.4 is 10.5 Å². The van der Waals surface area contributed by atoms with E-state index in [1.165, 1.54) is 12.1 Å². The van der Waals surface area contributed by atoms with Crippen LogP contribution in [0.3, 0.4) is 0 Å². The summed E-state index contributed by atoms with van der Waals surface area (Å²) in [6.45, 7) is 3.96. The second-order valence-electron chi connectivity index (χ2n) is 3.65. The lowest BCUT2D eigenvalue weighted by Crippen LogP contribution is -2.17. The zero-order valence-corrected chi connectivity index (χ0v) is 9.14. The van der Waals surface area contributed by atoms with E-state index in [1.807, 2.05) is 13.8 Å². The van der Waals surface area contributed by atoms with Gasteiger partial charge < -0.3 is 10.5 Å². The highest BCUT2D eigenvalue weighted by molar-refractivity contribution is 5.52. The van der Waals surface area contributed by atoms with Crippen LogP contribution in [-0.4, -0.2) is 6.36 Å². The van der Waals surface area contributed by atoms with E-state index in [2.05, 4.69) is 4.74 Å². The van der Waals surface area contributed by atoms with Crippen molar-refractivity contribution in [1.29, 1.82) is 0 Å². The van der Waals surface area contributed by atoms with Crippen molar-refractivity contribution in [2.24, 2.45) is 0 Å². The SMILES string of the molecule is CCC(C)c1ccc(OC(F)(F)F)cc1N. The Labute approximate surface area is 92.2 Å². The minimum absolute atomic E-state index is 0.222. The number of anilines is 1. The third kappa shape index (κ3) is 3.32. The van der Waals surface area contributed by atoms with E-state index in [1.54, 1.807) is 6.07 Å². The molecule has 90 valence electrons. The Morgan fingerprint density at radius 2 is 2.00 bits per heavy atom. The summed E-state index contributed by atoms with van der Waals surface area (Å²) in [7, 11) is 0. The second kappa shape index (κ2) is 4.63. The molecule has 0 saturated heterocycles. The van der Waals surface area contributed by atoms with Gasteiger partial charge in [-0.15, -0.1) is 13.2 Å². The average Bonchev–Trinajstić information content (AvgIpc) is 2.14. The van der Waals surface area contributed by atoms with Crippen LogP contribution in [0, 0.1) is 0 Å². The first-order valence-corrected chi connectivity index (χ1v) is 4.98. The van der Waals surface area contributed by atoms with Gasteiger partial charge >= 0.3 is 6.36 Å². The summed E-state index contributed by atoms with van der Waals surface area (Å²) in [5.74, 6) is -0.0583.